The summed E-state index contributed by atoms with van der Waals surface area (Å²) in [7, 11) is 1.63. The molecule has 108 valence electrons. The number of imide groups is 1. The Labute approximate surface area is 125 Å². The van der Waals surface area contributed by atoms with Crippen LogP contribution in [0.2, 0.25) is 0 Å². The number of aromatic amines is 1. The number of hydrogen-bond acceptors (Lipinski definition) is 3. The molecule has 0 spiro atoms. The highest BCUT2D eigenvalue weighted by molar-refractivity contribution is 6.23. The van der Waals surface area contributed by atoms with Crippen molar-refractivity contribution in [3.05, 3.63) is 53.6 Å². The standard InChI is InChI=1S/C17H12N2O3/c1-22-11-4-2-9(3-5-11)14-7-10-6-12-13(8-15(10)18-14)17(21)19-16(12)20/h2-8,18H,1H3,(H,19,20,21). The molecule has 0 fully saturated rings. The molecule has 1 aromatic heterocycles. The fourth-order valence-electron chi connectivity index (χ4n) is 2.72. The van der Waals surface area contributed by atoms with Crippen molar-refractivity contribution in [2.75, 3.05) is 7.11 Å². The Morgan fingerprint density at radius 2 is 1.59 bits per heavy atom. The van der Waals surface area contributed by atoms with E-state index in [4.69, 9.17) is 4.74 Å². The summed E-state index contributed by atoms with van der Waals surface area (Å²) in [5.74, 6) is 0.109. The Kier molecular flexibility index (Phi) is 2.56. The second kappa shape index (κ2) is 4.46. The fourth-order valence-corrected chi connectivity index (χ4v) is 2.72. The van der Waals surface area contributed by atoms with Crippen LogP contribution in [0.5, 0.6) is 5.75 Å². The van der Waals surface area contributed by atoms with Gasteiger partial charge in [0.25, 0.3) is 11.8 Å². The lowest BCUT2D eigenvalue weighted by Gasteiger charge is -2.01. The molecular formula is C17H12N2O3. The lowest BCUT2D eigenvalue weighted by atomic mass is 10.1. The van der Waals surface area contributed by atoms with Gasteiger partial charge >= 0.3 is 0 Å². The van der Waals surface area contributed by atoms with Crippen molar-refractivity contribution in [3.63, 3.8) is 0 Å². The number of rotatable bonds is 2. The molecule has 5 nitrogen and oxygen atoms in total. The first kappa shape index (κ1) is 12.6. The van der Waals surface area contributed by atoms with Crippen LogP contribution in [-0.4, -0.2) is 23.9 Å². The molecule has 5 heteroatoms. The Morgan fingerprint density at radius 3 is 2.27 bits per heavy atom. The molecule has 0 bridgehead atoms. The maximum Gasteiger partial charge on any atom is 0.259 e. The molecular weight excluding hydrogens is 280 g/mol. The lowest BCUT2D eigenvalue weighted by Crippen LogP contribution is -2.19. The predicted molar refractivity (Wildman–Crippen MR) is 82.1 cm³/mol. The molecule has 22 heavy (non-hydrogen) atoms. The number of carbonyl (C=O) groups is 2. The summed E-state index contributed by atoms with van der Waals surface area (Å²) in [5.41, 5.74) is 3.61. The Bertz CT molecular complexity index is 872. The summed E-state index contributed by atoms with van der Waals surface area (Å²) in [6, 6.07) is 13.1. The first-order chi connectivity index (χ1) is 10.7. The van der Waals surface area contributed by atoms with Crippen molar-refractivity contribution in [2.24, 2.45) is 0 Å². The number of aromatic nitrogens is 1. The van der Waals surface area contributed by atoms with E-state index in [1.807, 2.05) is 30.3 Å². The molecule has 4 rings (SSSR count). The monoisotopic (exact) mass is 292 g/mol. The van der Waals surface area contributed by atoms with Crippen LogP contribution in [0.1, 0.15) is 20.7 Å². The van der Waals surface area contributed by atoms with E-state index in [2.05, 4.69) is 10.3 Å². The van der Waals surface area contributed by atoms with Gasteiger partial charge in [-0.1, -0.05) is 0 Å². The van der Waals surface area contributed by atoms with Crippen LogP contribution in [0, 0.1) is 0 Å². The van der Waals surface area contributed by atoms with Crippen molar-refractivity contribution in [1.82, 2.24) is 10.3 Å². The van der Waals surface area contributed by atoms with Gasteiger partial charge in [-0.25, -0.2) is 0 Å². The molecule has 1 aliphatic heterocycles. The third kappa shape index (κ3) is 1.79. The maximum atomic E-state index is 11.7. The van der Waals surface area contributed by atoms with Gasteiger partial charge in [0.1, 0.15) is 5.75 Å². The third-order valence-corrected chi connectivity index (χ3v) is 3.88. The molecule has 2 heterocycles. The minimum absolute atomic E-state index is 0.339. The van der Waals surface area contributed by atoms with Gasteiger partial charge in [-0.15, -0.1) is 0 Å². The topological polar surface area (TPSA) is 71.2 Å². The average Bonchev–Trinajstić information content (AvgIpc) is 3.07. The molecule has 0 radical (unpaired) electrons. The minimum atomic E-state index is -0.345. The van der Waals surface area contributed by atoms with E-state index < -0.39 is 0 Å². The van der Waals surface area contributed by atoms with Crippen LogP contribution in [0.4, 0.5) is 0 Å². The Balaban J connectivity index is 1.84. The predicted octanol–water partition coefficient (Wildman–Crippen LogP) is 2.73. The fraction of sp³-hybridized carbons (Fsp3) is 0.0588. The molecule has 2 N–H and O–H groups in total. The number of hydrogen-bond donors (Lipinski definition) is 2. The summed E-state index contributed by atoms with van der Waals surface area (Å²) in [4.78, 5) is 26.7. The lowest BCUT2D eigenvalue weighted by molar-refractivity contribution is 0.0879. The number of carbonyl (C=O) groups excluding carboxylic acids is 2. The van der Waals surface area contributed by atoms with Crippen LogP contribution in [0.3, 0.4) is 0 Å². The summed E-state index contributed by atoms with van der Waals surface area (Å²) < 4.78 is 5.15. The molecule has 1 aliphatic rings. The SMILES string of the molecule is COc1ccc(-c2cc3cc4c(cc3[nH]2)C(=O)NC4=O)cc1. The van der Waals surface area contributed by atoms with Gasteiger partial charge in [0.15, 0.2) is 0 Å². The number of amides is 2. The van der Waals surface area contributed by atoms with Crippen LogP contribution < -0.4 is 10.1 Å². The first-order valence-corrected chi connectivity index (χ1v) is 6.82. The number of methoxy groups -OCH3 is 1. The highest BCUT2D eigenvalue weighted by Gasteiger charge is 2.27. The smallest absolute Gasteiger partial charge is 0.259 e. The number of fused-ring (bicyclic) bond motifs is 2. The summed E-state index contributed by atoms with van der Waals surface area (Å²) in [6.45, 7) is 0. The summed E-state index contributed by atoms with van der Waals surface area (Å²) >= 11 is 0. The van der Waals surface area contributed by atoms with Crippen molar-refractivity contribution in [2.45, 2.75) is 0 Å². The largest absolute Gasteiger partial charge is 0.497 e. The van der Waals surface area contributed by atoms with E-state index in [1.54, 1.807) is 19.2 Å². The van der Waals surface area contributed by atoms with E-state index in [-0.39, 0.29) is 11.8 Å². The Hall–Kier alpha value is -3.08. The highest BCUT2D eigenvalue weighted by Crippen LogP contribution is 2.29. The minimum Gasteiger partial charge on any atom is -0.497 e. The highest BCUT2D eigenvalue weighted by atomic mass is 16.5. The van der Waals surface area contributed by atoms with E-state index in [0.29, 0.717) is 11.1 Å². The van der Waals surface area contributed by atoms with E-state index in [1.165, 1.54) is 0 Å². The number of H-pyrrole nitrogens is 1. The molecule has 0 saturated heterocycles. The molecule has 2 amide bonds. The third-order valence-electron chi connectivity index (χ3n) is 3.88. The zero-order valence-electron chi connectivity index (χ0n) is 11.8. The molecule has 0 atom stereocenters. The van der Waals surface area contributed by atoms with Gasteiger partial charge in [0, 0.05) is 16.6 Å². The van der Waals surface area contributed by atoms with Gasteiger partial charge in [0.05, 0.1) is 18.2 Å². The summed E-state index contributed by atoms with van der Waals surface area (Å²) in [5, 5.41) is 3.20. The molecule has 0 saturated carbocycles. The molecule has 2 aromatic carbocycles. The van der Waals surface area contributed by atoms with E-state index in [0.717, 1.165) is 27.9 Å². The van der Waals surface area contributed by atoms with Gasteiger partial charge in [-0.2, -0.15) is 0 Å². The van der Waals surface area contributed by atoms with Gasteiger partial charge in [-0.05, 0) is 48.0 Å². The Morgan fingerprint density at radius 1 is 0.909 bits per heavy atom. The number of nitrogens with one attached hydrogen (secondary N) is 2. The van der Waals surface area contributed by atoms with Crippen molar-refractivity contribution in [3.8, 4) is 17.0 Å². The van der Waals surface area contributed by atoms with Crippen LogP contribution in [0.15, 0.2) is 42.5 Å². The normalized spacial score (nSPS) is 13.3. The second-order valence-corrected chi connectivity index (χ2v) is 5.18. The molecule has 0 unspecified atom stereocenters. The van der Waals surface area contributed by atoms with Gasteiger partial charge in [0.2, 0.25) is 0 Å². The van der Waals surface area contributed by atoms with Gasteiger partial charge in [-0.3, -0.25) is 14.9 Å². The maximum absolute atomic E-state index is 11.7. The quantitative estimate of drug-likeness (QED) is 0.713. The van der Waals surface area contributed by atoms with E-state index >= 15 is 0 Å². The molecule has 0 aliphatic carbocycles. The number of ether oxygens (including phenoxy) is 1. The summed E-state index contributed by atoms with van der Waals surface area (Å²) in [6.07, 6.45) is 0. The average molecular weight is 292 g/mol. The zero-order chi connectivity index (χ0) is 15.3. The zero-order valence-corrected chi connectivity index (χ0v) is 11.8. The first-order valence-electron chi connectivity index (χ1n) is 6.82. The van der Waals surface area contributed by atoms with Crippen LogP contribution in [0.25, 0.3) is 22.2 Å². The second-order valence-electron chi connectivity index (χ2n) is 5.18. The van der Waals surface area contributed by atoms with Gasteiger partial charge < -0.3 is 9.72 Å². The van der Waals surface area contributed by atoms with E-state index in [9.17, 15) is 9.59 Å². The van der Waals surface area contributed by atoms with Crippen LogP contribution in [-0.2, 0) is 0 Å². The van der Waals surface area contributed by atoms with Crippen LogP contribution >= 0.6 is 0 Å². The van der Waals surface area contributed by atoms with Crippen molar-refractivity contribution < 1.29 is 14.3 Å². The van der Waals surface area contributed by atoms with Crippen molar-refractivity contribution in [1.29, 1.82) is 0 Å². The van der Waals surface area contributed by atoms with Crippen molar-refractivity contribution >= 4 is 22.7 Å². The number of benzene rings is 2. The molecule has 3 aromatic rings.